The molecule has 3 aromatic carbocycles. The Morgan fingerprint density at radius 2 is 1.17 bits per heavy atom. The first-order valence-corrected chi connectivity index (χ1v) is 10.1. The maximum Gasteiger partial charge on any atom is 0.264 e. The van der Waals surface area contributed by atoms with E-state index in [1.807, 2.05) is 84.9 Å². The number of anilines is 4. The molecule has 146 valence electrons. The number of benzene rings is 3. The summed E-state index contributed by atoms with van der Waals surface area (Å²) in [5.74, 6) is 0.849. The van der Waals surface area contributed by atoms with Crippen LogP contribution in [0.15, 0.2) is 99.7 Å². The van der Waals surface area contributed by atoms with E-state index < -0.39 is 0 Å². The minimum atomic E-state index is 0.424. The number of aromatic nitrogens is 4. The highest BCUT2D eigenvalue weighted by atomic mass is 32.2. The lowest BCUT2D eigenvalue weighted by molar-refractivity contribution is 0.488. The fourth-order valence-electron chi connectivity index (χ4n) is 2.79. The molecule has 0 saturated heterocycles. The SMILES string of the molecule is c1ccc(Nc2nc(Nc3ccccc3)nc(Sc3nc4ccccc4o3)n2)cc1. The Kier molecular flexibility index (Phi) is 4.97. The zero-order valence-electron chi connectivity index (χ0n) is 15.7. The van der Waals surface area contributed by atoms with Crippen LogP contribution in [0.1, 0.15) is 0 Å². The van der Waals surface area contributed by atoms with Crippen molar-refractivity contribution in [3.05, 3.63) is 84.9 Å². The van der Waals surface area contributed by atoms with Gasteiger partial charge >= 0.3 is 0 Å². The molecule has 0 bridgehead atoms. The van der Waals surface area contributed by atoms with Crippen LogP contribution < -0.4 is 10.6 Å². The largest absolute Gasteiger partial charge is 0.431 e. The van der Waals surface area contributed by atoms with Crippen LogP contribution in [0.2, 0.25) is 0 Å². The van der Waals surface area contributed by atoms with Crippen LogP contribution in [0.3, 0.4) is 0 Å². The monoisotopic (exact) mass is 412 g/mol. The lowest BCUT2D eigenvalue weighted by atomic mass is 10.3. The molecule has 0 fully saturated rings. The molecule has 2 N–H and O–H groups in total. The summed E-state index contributed by atoms with van der Waals surface area (Å²) in [6, 6.07) is 27.1. The maximum absolute atomic E-state index is 5.80. The van der Waals surface area contributed by atoms with Gasteiger partial charge in [-0.15, -0.1) is 0 Å². The molecule has 0 saturated carbocycles. The summed E-state index contributed by atoms with van der Waals surface area (Å²) in [7, 11) is 0. The van der Waals surface area contributed by atoms with E-state index in [9.17, 15) is 0 Å². The highest BCUT2D eigenvalue weighted by Gasteiger charge is 2.13. The van der Waals surface area contributed by atoms with Crippen molar-refractivity contribution >= 4 is 46.1 Å². The second-order valence-electron chi connectivity index (χ2n) is 6.30. The predicted molar refractivity (Wildman–Crippen MR) is 117 cm³/mol. The molecule has 0 radical (unpaired) electrons. The number of oxazole rings is 1. The van der Waals surface area contributed by atoms with Crippen molar-refractivity contribution in [2.75, 3.05) is 10.6 Å². The molecule has 0 atom stereocenters. The van der Waals surface area contributed by atoms with E-state index in [2.05, 4.69) is 30.6 Å². The van der Waals surface area contributed by atoms with Gasteiger partial charge in [0.2, 0.25) is 17.1 Å². The Labute approximate surface area is 176 Å². The molecule has 0 aliphatic carbocycles. The summed E-state index contributed by atoms with van der Waals surface area (Å²) in [5, 5.41) is 7.37. The van der Waals surface area contributed by atoms with Crippen LogP contribution >= 0.6 is 11.8 Å². The number of fused-ring (bicyclic) bond motifs is 1. The molecule has 0 aliphatic rings. The fourth-order valence-corrected chi connectivity index (χ4v) is 3.48. The Balaban J connectivity index is 1.48. The topological polar surface area (TPSA) is 88.8 Å². The number of nitrogens with one attached hydrogen (secondary N) is 2. The Morgan fingerprint density at radius 1 is 0.600 bits per heavy atom. The van der Waals surface area contributed by atoms with E-state index in [1.165, 1.54) is 11.8 Å². The molecule has 2 aromatic heterocycles. The minimum absolute atomic E-state index is 0.424. The van der Waals surface area contributed by atoms with Crippen LogP contribution in [0.4, 0.5) is 23.3 Å². The summed E-state index contributed by atoms with van der Waals surface area (Å²) in [6.07, 6.45) is 0. The van der Waals surface area contributed by atoms with Crippen molar-refractivity contribution in [3.8, 4) is 0 Å². The van der Waals surface area contributed by atoms with Gasteiger partial charge in [-0.25, -0.2) is 4.98 Å². The van der Waals surface area contributed by atoms with E-state index >= 15 is 0 Å². The van der Waals surface area contributed by atoms with Crippen molar-refractivity contribution in [3.63, 3.8) is 0 Å². The Bertz CT molecular complexity index is 1180. The second-order valence-corrected chi connectivity index (χ2v) is 7.22. The third kappa shape index (κ3) is 4.23. The van der Waals surface area contributed by atoms with Crippen molar-refractivity contribution < 1.29 is 4.42 Å². The van der Waals surface area contributed by atoms with Gasteiger partial charge in [-0.2, -0.15) is 15.0 Å². The first kappa shape index (κ1) is 18.1. The predicted octanol–water partition coefficient (Wildman–Crippen LogP) is 5.65. The molecule has 7 nitrogen and oxygen atoms in total. The van der Waals surface area contributed by atoms with Crippen LogP contribution in [0.25, 0.3) is 11.1 Å². The molecule has 8 heteroatoms. The van der Waals surface area contributed by atoms with Gasteiger partial charge < -0.3 is 15.1 Å². The third-order valence-electron chi connectivity index (χ3n) is 4.13. The van der Waals surface area contributed by atoms with Crippen LogP contribution in [-0.2, 0) is 0 Å². The minimum Gasteiger partial charge on any atom is -0.431 e. The van der Waals surface area contributed by atoms with Crippen molar-refractivity contribution in [2.24, 2.45) is 0 Å². The van der Waals surface area contributed by atoms with Gasteiger partial charge in [0.25, 0.3) is 5.22 Å². The summed E-state index contributed by atoms with van der Waals surface area (Å²) < 4.78 is 5.80. The quantitative estimate of drug-likeness (QED) is 0.370. The van der Waals surface area contributed by atoms with Crippen molar-refractivity contribution in [1.29, 1.82) is 0 Å². The average Bonchev–Trinajstić information content (AvgIpc) is 3.17. The van der Waals surface area contributed by atoms with E-state index in [0.29, 0.717) is 22.3 Å². The summed E-state index contributed by atoms with van der Waals surface area (Å²) >= 11 is 1.24. The molecule has 2 heterocycles. The van der Waals surface area contributed by atoms with Gasteiger partial charge in [-0.05, 0) is 36.4 Å². The standard InChI is InChI=1S/C22H16N6OS/c1-3-9-15(10-4-1)23-19-26-20(24-16-11-5-2-6-12-16)28-21(27-19)30-22-25-17-13-7-8-14-18(17)29-22/h1-14H,(H2,23,24,26,27,28). The zero-order valence-corrected chi connectivity index (χ0v) is 16.5. The highest BCUT2D eigenvalue weighted by molar-refractivity contribution is 7.99. The average molecular weight is 412 g/mol. The first-order valence-electron chi connectivity index (χ1n) is 9.25. The van der Waals surface area contributed by atoms with Gasteiger partial charge in [-0.1, -0.05) is 48.5 Å². The molecular formula is C22H16N6OS. The molecule has 0 unspecified atom stereocenters. The number of para-hydroxylation sites is 4. The molecule has 5 rings (SSSR count). The zero-order chi connectivity index (χ0) is 20.2. The smallest absolute Gasteiger partial charge is 0.264 e. The lowest BCUT2D eigenvalue weighted by Gasteiger charge is -2.09. The van der Waals surface area contributed by atoms with E-state index in [1.54, 1.807) is 0 Å². The summed E-state index contributed by atoms with van der Waals surface area (Å²) in [6.45, 7) is 0. The number of rotatable bonds is 6. The first-order chi connectivity index (χ1) is 14.8. The molecular weight excluding hydrogens is 396 g/mol. The Morgan fingerprint density at radius 3 is 1.77 bits per heavy atom. The van der Waals surface area contributed by atoms with Crippen molar-refractivity contribution in [2.45, 2.75) is 10.4 Å². The second kappa shape index (κ2) is 8.22. The number of nitrogens with zero attached hydrogens (tertiary/aromatic N) is 4. The van der Waals surface area contributed by atoms with Crippen molar-refractivity contribution in [1.82, 2.24) is 19.9 Å². The maximum atomic E-state index is 5.80. The van der Waals surface area contributed by atoms with Crippen LogP contribution in [0, 0.1) is 0 Å². The molecule has 0 amide bonds. The van der Waals surface area contributed by atoms with Gasteiger partial charge in [0.15, 0.2) is 5.58 Å². The number of hydrogen-bond donors (Lipinski definition) is 2. The fraction of sp³-hybridized carbons (Fsp3) is 0. The molecule has 0 spiro atoms. The van der Waals surface area contributed by atoms with E-state index in [4.69, 9.17) is 4.42 Å². The number of hydrogen-bond acceptors (Lipinski definition) is 8. The lowest BCUT2D eigenvalue weighted by Crippen LogP contribution is -2.05. The van der Waals surface area contributed by atoms with Gasteiger partial charge in [-0.3, -0.25) is 0 Å². The molecule has 30 heavy (non-hydrogen) atoms. The van der Waals surface area contributed by atoms with Gasteiger partial charge in [0.1, 0.15) is 5.52 Å². The van der Waals surface area contributed by atoms with E-state index in [0.717, 1.165) is 22.5 Å². The normalized spacial score (nSPS) is 10.8. The van der Waals surface area contributed by atoms with Gasteiger partial charge in [0.05, 0.1) is 0 Å². The van der Waals surface area contributed by atoms with Crippen LogP contribution in [0.5, 0.6) is 0 Å². The summed E-state index contributed by atoms with van der Waals surface area (Å²) in [4.78, 5) is 18.0. The molecule has 5 aromatic rings. The Hall–Kier alpha value is -3.91. The van der Waals surface area contributed by atoms with Crippen LogP contribution in [-0.4, -0.2) is 19.9 Å². The third-order valence-corrected chi connectivity index (χ3v) is 4.84. The summed E-state index contributed by atoms with van der Waals surface area (Å²) in [5.41, 5.74) is 3.28. The molecule has 0 aliphatic heterocycles. The van der Waals surface area contributed by atoms with E-state index in [-0.39, 0.29) is 0 Å². The van der Waals surface area contributed by atoms with Gasteiger partial charge in [0, 0.05) is 23.1 Å². The highest BCUT2D eigenvalue weighted by Crippen LogP contribution is 2.29.